The molecular weight excluding hydrogens is 602 g/mol. The predicted molar refractivity (Wildman–Crippen MR) is 161 cm³/mol. The summed E-state index contributed by atoms with van der Waals surface area (Å²) >= 11 is -2.73. The van der Waals surface area contributed by atoms with E-state index in [0.717, 1.165) is 10.9 Å². The summed E-state index contributed by atoms with van der Waals surface area (Å²) in [5.41, 5.74) is -0.712. The van der Waals surface area contributed by atoms with Gasteiger partial charge in [-0.25, -0.2) is 0 Å². The number of unbranched alkanes of at least 4 members (excludes halogenated alkanes) is 3. The van der Waals surface area contributed by atoms with E-state index in [0.29, 0.717) is 17.9 Å². The number of phosphoric ester groups is 1. The monoisotopic (exact) mass is 652 g/mol. The van der Waals surface area contributed by atoms with E-state index < -0.39 is 37.6 Å². The van der Waals surface area contributed by atoms with E-state index >= 15 is 0 Å². The summed E-state index contributed by atoms with van der Waals surface area (Å²) in [5.74, 6) is 0.207. The molecule has 1 unspecified atom stereocenters. The Bertz CT molecular complexity index is 917. The van der Waals surface area contributed by atoms with Gasteiger partial charge >= 0.3 is 236 Å². The molecule has 0 N–H and O–H groups in total. The second-order valence-electron chi connectivity index (χ2n) is 10.9. The van der Waals surface area contributed by atoms with Crippen LogP contribution < -0.4 is 9.05 Å². The Morgan fingerprint density at radius 1 is 0.737 bits per heavy atom. The van der Waals surface area contributed by atoms with Gasteiger partial charge in [0.25, 0.3) is 0 Å². The van der Waals surface area contributed by atoms with Gasteiger partial charge in [-0.15, -0.1) is 0 Å². The summed E-state index contributed by atoms with van der Waals surface area (Å²) in [6.45, 7) is 10.9. The normalized spacial score (nSPS) is 13.5. The zero-order valence-corrected chi connectivity index (χ0v) is 28.0. The van der Waals surface area contributed by atoms with Crippen LogP contribution >= 0.6 is 7.82 Å². The second-order valence-corrected chi connectivity index (χ2v) is 26.2. The molecule has 2 aromatic carbocycles. The van der Waals surface area contributed by atoms with Gasteiger partial charge in [0.05, 0.1) is 0 Å². The molecule has 5 nitrogen and oxygen atoms in total. The van der Waals surface area contributed by atoms with Gasteiger partial charge < -0.3 is 0 Å². The first-order valence-electron chi connectivity index (χ1n) is 14.6. The molecule has 2 aromatic rings. The molecule has 0 saturated carbocycles. The van der Waals surface area contributed by atoms with Crippen LogP contribution in [0.25, 0.3) is 0 Å². The number of benzene rings is 2. The number of rotatable bonds is 19. The van der Waals surface area contributed by atoms with Crippen LogP contribution in [0.15, 0.2) is 60.7 Å². The third-order valence-corrected chi connectivity index (χ3v) is 25.1. The number of hydrogen-bond donors (Lipinski definition) is 0. The minimum atomic E-state index is -4.29. The van der Waals surface area contributed by atoms with Gasteiger partial charge in [-0.1, -0.05) is 0 Å². The zero-order valence-electron chi connectivity index (χ0n) is 24.2. The van der Waals surface area contributed by atoms with Crippen LogP contribution in [-0.4, -0.2) is 24.3 Å². The van der Waals surface area contributed by atoms with E-state index in [9.17, 15) is 9.36 Å². The van der Waals surface area contributed by atoms with Crippen LogP contribution in [0.2, 0.25) is 17.7 Å². The second kappa shape index (κ2) is 16.6. The van der Waals surface area contributed by atoms with E-state index in [1.165, 1.54) is 51.8 Å². The third kappa shape index (κ3) is 10.6. The summed E-state index contributed by atoms with van der Waals surface area (Å²) < 4.78 is 36.2. The quantitative estimate of drug-likeness (QED) is 0.112. The number of hydrogen-bond acceptors (Lipinski definition) is 5. The Hall–Kier alpha value is -1.46. The number of para-hydroxylation sites is 2. The zero-order chi connectivity index (χ0) is 27.9. The first-order valence-corrected chi connectivity index (χ1v) is 24.1. The van der Waals surface area contributed by atoms with E-state index in [2.05, 4.69) is 27.7 Å². The molecule has 0 aliphatic heterocycles. The molecule has 2 rings (SSSR count). The van der Waals surface area contributed by atoms with Gasteiger partial charge in [0.15, 0.2) is 0 Å². The van der Waals surface area contributed by atoms with Crippen molar-refractivity contribution < 1.29 is 22.9 Å². The molecule has 0 spiro atoms. The Labute approximate surface area is 235 Å². The summed E-state index contributed by atoms with van der Waals surface area (Å²) in [6.07, 6.45) is 8.77. The summed E-state index contributed by atoms with van der Waals surface area (Å²) in [7, 11) is -4.29. The van der Waals surface area contributed by atoms with Crippen molar-refractivity contribution in [1.29, 1.82) is 0 Å². The average molecular weight is 651 g/mol. The van der Waals surface area contributed by atoms with Crippen LogP contribution in [0.5, 0.6) is 11.5 Å². The molecule has 0 aliphatic rings. The first-order chi connectivity index (χ1) is 18.2. The van der Waals surface area contributed by atoms with Crippen LogP contribution in [0, 0.1) is 5.41 Å². The number of carbonyl (C=O) groups is 1. The van der Waals surface area contributed by atoms with Crippen LogP contribution in [0.3, 0.4) is 0 Å². The Morgan fingerprint density at radius 2 is 1.16 bits per heavy atom. The molecule has 0 fully saturated rings. The first kappa shape index (κ1) is 32.7. The molecule has 0 aliphatic carbocycles. The molecule has 0 radical (unpaired) electrons. The van der Waals surface area contributed by atoms with Gasteiger partial charge in [-0.2, -0.15) is 0 Å². The molecule has 38 heavy (non-hydrogen) atoms. The number of carbonyl (C=O) groups excluding carboxylic acids is 1. The Balaban J connectivity index is 2.41. The van der Waals surface area contributed by atoms with Crippen LogP contribution in [0.1, 0.15) is 86.0 Å². The van der Waals surface area contributed by atoms with Crippen molar-refractivity contribution in [2.24, 2.45) is 5.41 Å². The van der Waals surface area contributed by atoms with Crippen molar-refractivity contribution in [2.45, 2.75) is 104 Å². The Morgan fingerprint density at radius 3 is 1.53 bits per heavy atom. The molecule has 0 bridgehead atoms. The van der Waals surface area contributed by atoms with Crippen LogP contribution in [0.4, 0.5) is 0 Å². The van der Waals surface area contributed by atoms with E-state index in [-0.39, 0.29) is 0 Å². The molecular formula is C31H49O5PSn. The molecule has 0 heterocycles. The maximum atomic E-state index is 14.0. The fourth-order valence-corrected chi connectivity index (χ4v) is 25.5. The predicted octanol–water partition coefficient (Wildman–Crippen LogP) is 10.5. The van der Waals surface area contributed by atoms with Crippen molar-refractivity contribution in [3.8, 4) is 11.5 Å². The molecule has 0 aromatic heterocycles. The van der Waals surface area contributed by atoms with Crippen molar-refractivity contribution in [3.05, 3.63) is 60.7 Å². The van der Waals surface area contributed by atoms with Gasteiger partial charge in [-0.05, 0) is 0 Å². The molecule has 0 amide bonds. The van der Waals surface area contributed by atoms with Crippen molar-refractivity contribution in [2.75, 3.05) is 0 Å². The average Bonchev–Trinajstić information content (AvgIpc) is 2.90. The van der Waals surface area contributed by atoms with Gasteiger partial charge in [0.1, 0.15) is 0 Å². The Kier molecular flexibility index (Phi) is 14.3. The summed E-state index contributed by atoms with van der Waals surface area (Å²) in [4.78, 5) is 14.0. The molecule has 1 atom stereocenters. The van der Waals surface area contributed by atoms with E-state index in [1.807, 2.05) is 19.1 Å². The van der Waals surface area contributed by atoms with Gasteiger partial charge in [-0.3, -0.25) is 0 Å². The third-order valence-electron chi connectivity index (χ3n) is 7.36. The molecule has 7 heteroatoms. The van der Waals surface area contributed by atoms with Crippen molar-refractivity contribution in [1.82, 2.24) is 0 Å². The van der Waals surface area contributed by atoms with E-state index in [1.54, 1.807) is 48.5 Å². The fraction of sp³-hybridized carbons (Fsp3) is 0.581. The van der Waals surface area contributed by atoms with Crippen molar-refractivity contribution in [3.63, 3.8) is 0 Å². The molecule has 0 saturated heterocycles. The maximum absolute atomic E-state index is 14.0. The van der Waals surface area contributed by atoms with Crippen LogP contribution in [-0.2, 0) is 13.9 Å². The summed E-state index contributed by atoms with van der Waals surface area (Å²) in [6, 6.07) is 17.5. The van der Waals surface area contributed by atoms with Gasteiger partial charge in [0, 0.05) is 0 Å². The summed E-state index contributed by atoms with van der Waals surface area (Å²) in [5, 5.41) is 0. The van der Waals surface area contributed by atoms with Crippen molar-refractivity contribution >= 4 is 32.2 Å². The topological polar surface area (TPSA) is 61.8 Å². The van der Waals surface area contributed by atoms with E-state index in [4.69, 9.17) is 13.6 Å². The standard InChI is InChI=1S/C19H22O5P.3C4H9.Sn/c1-4-15-19(2,3)18(20)24-25(21,22-16-11-7-5-8-12-16)23-17-13-9-6-10-14-17;3*1-3-4-2;/h5-14H,2,4,15H2,1,3H3;3*1,3-4H2,2H3;. The SMILES string of the molecule is CCC[CH2][Sn]([CH2]CCC)([CH2]CCC)[CH2]C(C)(CCC)C(=O)OP(=O)(Oc1ccccc1)Oc1ccccc1. The fourth-order valence-electron chi connectivity index (χ4n) is 5.43. The van der Waals surface area contributed by atoms with Gasteiger partial charge in [0.2, 0.25) is 0 Å². The minimum absolute atomic E-state index is 0.333. The molecule has 212 valence electrons. The number of phosphoric acid groups is 1.